The molecule has 3 N–H and O–H groups in total. The quantitative estimate of drug-likeness (QED) is 0.446. The van der Waals surface area contributed by atoms with Crippen molar-refractivity contribution in [1.82, 2.24) is 10.3 Å². The van der Waals surface area contributed by atoms with Crippen molar-refractivity contribution in [3.05, 3.63) is 78.1 Å². The number of para-hydroxylation sites is 1. The first kappa shape index (κ1) is 24.2. The van der Waals surface area contributed by atoms with E-state index in [1.165, 1.54) is 43.6 Å². The normalized spacial score (nSPS) is 10.8. The van der Waals surface area contributed by atoms with Crippen molar-refractivity contribution >= 4 is 29.1 Å². The van der Waals surface area contributed by atoms with Gasteiger partial charge in [-0.1, -0.05) is 12.1 Å². The molecule has 3 amide bonds. The largest absolute Gasteiger partial charge is 0.457 e. The SMILES string of the molecule is CNC(=O)c1cc(Oc2ccc(NC(=O)CC(=O)Nc3ccccc3C(F)(F)F)cc2)ccn1. The van der Waals surface area contributed by atoms with Gasteiger partial charge >= 0.3 is 6.18 Å². The van der Waals surface area contributed by atoms with E-state index in [0.717, 1.165) is 12.1 Å². The molecule has 0 aliphatic heterocycles. The van der Waals surface area contributed by atoms with Gasteiger partial charge in [0.1, 0.15) is 23.6 Å². The van der Waals surface area contributed by atoms with E-state index in [-0.39, 0.29) is 11.6 Å². The highest BCUT2D eigenvalue weighted by atomic mass is 19.4. The predicted octanol–water partition coefficient (Wildman–Crippen LogP) is 4.22. The molecule has 0 radical (unpaired) electrons. The predicted molar refractivity (Wildman–Crippen MR) is 117 cm³/mol. The topological polar surface area (TPSA) is 109 Å². The monoisotopic (exact) mass is 472 g/mol. The summed E-state index contributed by atoms with van der Waals surface area (Å²) in [4.78, 5) is 39.8. The molecule has 176 valence electrons. The van der Waals surface area contributed by atoms with Crippen LogP contribution in [-0.2, 0) is 15.8 Å². The van der Waals surface area contributed by atoms with Crippen LogP contribution in [0.2, 0.25) is 0 Å². The second-order valence-corrected chi connectivity index (χ2v) is 6.90. The Labute approximate surface area is 192 Å². The van der Waals surface area contributed by atoms with Gasteiger partial charge in [-0.2, -0.15) is 13.2 Å². The number of amides is 3. The zero-order chi connectivity index (χ0) is 24.7. The van der Waals surface area contributed by atoms with Gasteiger partial charge < -0.3 is 20.7 Å². The third kappa shape index (κ3) is 6.55. The van der Waals surface area contributed by atoms with E-state index in [0.29, 0.717) is 17.2 Å². The lowest BCUT2D eigenvalue weighted by atomic mass is 10.1. The van der Waals surface area contributed by atoms with Crippen LogP contribution in [0.25, 0.3) is 0 Å². The number of hydrogen-bond acceptors (Lipinski definition) is 5. The number of rotatable bonds is 7. The summed E-state index contributed by atoms with van der Waals surface area (Å²) in [6.07, 6.45) is -3.90. The van der Waals surface area contributed by atoms with E-state index < -0.39 is 35.7 Å². The van der Waals surface area contributed by atoms with Crippen LogP contribution in [0.1, 0.15) is 22.5 Å². The number of aromatic nitrogens is 1. The van der Waals surface area contributed by atoms with Crippen LogP contribution in [0.3, 0.4) is 0 Å². The minimum absolute atomic E-state index is 0.181. The molecule has 0 fully saturated rings. The van der Waals surface area contributed by atoms with Gasteiger partial charge in [0.05, 0.1) is 11.3 Å². The van der Waals surface area contributed by atoms with Gasteiger partial charge in [-0.05, 0) is 42.5 Å². The zero-order valence-electron chi connectivity index (χ0n) is 17.8. The molecule has 1 aromatic heterocycles. The summed E-state index contributed by atoms with van der Waals surface area (Å²) in [7, 11) is 1.48. The summed E-state index contributed by atoms with van der Waals surface area (Å²) in [6, 6.07) is 13.7. The van der Waals surface area contributed by atoms with E-state index in [1.54, 1.807) is 18.2 Å². The molecule has 0 aliphatic carbocycles. The summed E-state index contributed by atoms with van der Waals surface area (Å²) >= 11 is 0. The molecule has 0 bridgehead atoms. The van der Waals surface area contributed by atoms with Crippen LogP contribution < -0.4 is 20.7 Å². The van der Waals surface area contributed by atoms with Crippen molar-refractivity contribution in [2.24, 2.45) is 0 Å². The van der Waals surface area contributed by atoms with Gasteiger partial charge in [0.25, 0.3) is 5.91 Å². The number of anilines is 2. The minimum Gasteiger partial charge on any atom is -0.457 e. The molecule has 0 aliphatic rings. The maximum Gasteiger partial charge on any atom is 0.418 e. The Bertz CT molecular complexity index is 1200. The number of nitrogens with zero attached hydrogens (tertiary/aromatic N) is 1. The lowest BCUT2D eigenvalue weighted by molar-refractivity contribution is -0.137. The van der Waals surface area contributed by atoms with Gasteiger partial charge in [-0.15, -0.1) is 0 Å². The summed E-state index contributed by atoms with van der Waals surface area (Å²) in [5.41, 5.74) is -0.900. The average Bonchev–Trinajstić information content (AvgIpc) is 2.79. The fourth-order valence-corrected chi connectivity index (χ4v) is 2.85. The van der Waals surface area contributed by atoms with Crippen LogP contribution in [0.15, 0.2) is 66.9 Å². The molecule has 8 nitrogen and oxygen atoms in total. The first-order valence-electron chi connectivity index (χ1n) is 9.87. The van der Waals surface area contributed by atoms with E-state index >= 15 is 0 Å². The third-order valence-corrected chi connectivity index (χ3v) is 4.39. The Hall–Kier alpha value is -4.41. The molecule has 0 saturated heterocycles. The van der Waals surface area contributed by atoms with Crippen LogP contribution in [0.4, 0.5) is 24.5 Å². The maximum absolute atomic E-state index is 13.0. The number of ether oxygens (including phenoxy) is 1. The van der Waals surface area contributed by atoms with Crippen LogP contribution in [0, 0.1) is 0 Å². The summed E-state index contributed by atoms with van der Waals surface area (Å²) in [5.74, 6) is -1.18. The third-order valence-electron chi connectivity index (χ3n) is 4.39. The molecule has 34 heavy (non-hydrogen) atoms. The molecule has 0 unspecified atom stereocenters. The lowest BCUT2D eigenvalue weighted by Crippen LogP contribution is -2.22. The van der Waals surface area contributed by atoms with Crippen LogP contribution in [0.5, 0.6) is 11.5 Å². The second-order valence-electron chi connectivity index (χ2n) is 6.90. The maximum atomic E-state index is 13.0. The van der Waals surface area contributed by atoms with Crippen molar-refractivity contribution in [1.29, 1.82) is 0 Å². The van der Waals surface area contributed by atoms with E-state index in [2.05, 4.69) is 20.9 Å². The minimum atomic E-state index is -4.64. The van der Waals surface area contributed by atoms with E-state index in [1.807, 2.05) is 0 Å². The lowest BCUT2D eigenvalue weighted by Gasteiger charge is -2.13. The Morgan fingerprint density at radius 1 is 0.912 bits per heavy atom. The fraction of sp³-hybridized carbons (Fsp3) is 0.130. The number of hydrogen-bond donors (Lipinski definition) is 3. The molecule has 0 saturated carbocycles. The van der Waals surface area contributed by atoms with Gasteiger partial charge in [-0.25, -0.2) is 0 Å². The number of benzene rings is 2. The van der Waals surface area contributed by atoms with Gasteiger partial charge in [-0.3, -0.25) is 19.4 Å². The zero-order valence-corrected chi connectivity index (χ0v) is 17.8. The van der Waals surface area contributed by atoms with Crippen molar-refractivity contribution in [2.45, 2.75) is 12.6 Å². The standard InChI is InChI=1S/C23H19F3N4O4/c1-27-22(33)19-12-16(10-11-28-19)34-15-8-6-14(7-9-15)29-20(31)13-21(32)30-18-5-3-2-4-17(18)23(24,25)26/h2-12H,13H2,1H3,(H,27,33)(H,29,31)(H,30,32). The molecular weight excluding hydrogens is 453 g/mol. The van der Waals surface area contributed by atoms with Crippen LogP contribution >= 0.6 is 0 Å². The summed E-state index contributed by atoms with van der Waals surface area (Å²) in [6.45, 7) is 0. The smallest absolute Gasteiger partial charge is 0.418 e. The molecule has 11 heteroatoms. The highest BCUT2D eigenvalue weighted by Crippen LogP contribution is 2.34. The number of nitrogens with one attached hydrogen (secondary N) is 3. The van der Waals surface area contributed by atoms with Crippen molar-refractivity contribution < 1.29 is 32.3 Å². The molecule has 2 aromatic carbocycles. The molecule has 0 spiro atoms. The molecule has 0 atom stereocenters. The Kier molecular flexibility index (Phi) is 7.46. The number of halogens is 3. The fourth-order valence-electron chi connectivity index (χ4n) is 2.85. The average molecular weight is 472 g/mol. The van der Waals surface area contributed by atoms with Crippen molar-refractivity contribution in [2.75, 3.05) is 17.7 Å². The molecule has 1 heterocycles. The highest BCUT2D eigenvalue weighted by Gasteiger charge is 2.33. The summed E-state index contributed by atoms with van der Waals surface area (Å²) in [5, 5.41) is 7.06. The highest BCUT2D eigenvalue weighted by molar-refractivity contribution is 6.08. The number of carbonyl (C=O) groups is 3. The van der Waals surface area contributed by atoms with Gasteiger partial charge in [0, 0.05) is 25.0 Å². The first-order chi connectivity index (χ1) is 16.2. The summed E-state index contributed by atoms with van der Waals surface area (Å²) < 4.78 is 44.7. The van der Waals surface area contributed by atoms with Crippen LogP contribution in [-0.4, -0.2) is 29.8 Å². The van der Waals surface area contributed by atoms with Crippen molar-refractivity contribution in [3.63, 3.8) is 0 Å². The van der Waals surface area contributed by atoms with E-state index in [4.69, 9.17) is 4.74 Å². The second kappa shape index (κ2) is 10.5. The Morgan fingerprint density at radius 2 is 1.59 bits per heavy atom. The van der Waals surface area contributed by atoms with Gasteiger partial charge in [0.2, 0.25) is 11.8 Å². The van der Waals surface area contributed by atoms with Gasteiger partial charge in [0.15, 0.2) is 0 Å². The first-order valence-corrected chi connectivity index (χ1v) is 9.87. The Balaban J connectivity index is 1.56. The molecular formula is C23H19F3N4O4. The number of carbonyl (C=O) groups excluding carboxylic acids is 3. The number of alkyl halides is 3. The van der Waals surface area contributed by atoms with E-state index in [9.17, 15) is 27.6 Å². The molecule has 3 rings (SSSR count). The molecule has 3 aromatic rings. The Morgan fingerprint density at radius 3 is 2.26 bits per heavy atom. The van der Waals surface area contributed by atoms with Crippen molar-refractivity contribution in [3.8, 4) is 11.5 Å². The number of pyridine rings is 1.